The third kappa shape index (κ3) is 0.717. The Labute approximate surface area is 55.8 Å². The van der Waals surface area contributed by atoms with E-state index in [1.165, 1.54) is 0 Å². The second-order valence-electron chi connectivity index (χ2n) is 1.80. The minimum absolute atomic E-state index is 0.196. The second kappa shape index (κ2) is 1.57. The lowest BCUT2D eigenvalue weighted by Crippen LogP contribution is -2.32. The van der Waals surface area contributed by atoms with E-state index < -0.39 is 0 Å². The van der Waals surface area contributed by atoms with Crippen LogP contribution < -0.4 is 5.32 Å². The van der Waals surface area contributed by atoms with Crippen molar-refractivity contribution in [3.05, 3.63) is 0 Å². The van der Waals surface area contributed by atoms with Crippen LogP contribution in [0.3, 0.4) is 0 Å². The first-order valence-corrected chi connectivity index (χ1v) is 4.42. The van der Waals surface area contributed by atoms with Gasteiger partial charge in [-0.3, -0.25) is 4.79 Å². The van der Waals surface area contributed by atoms with Gasteiger partial charge in [-0.2, -0.15) is 0 Å². The highest BCUT2D eigenvalue weighted by Crippen LogP contribution is 2.49. The molecule has 0 aliphatic carbocycles. The molecule has 0 saturated carbocycles. The molecule has 4 heteroatoms. The smallest absolute Gasteiger partial charge is 0.230 e. The number of fused-ring (bicyclic) bond motifs is 1. The van der Waals surface area contributed by atoms with Crippen LogP contribution in [0.25, 0.3) is 0 Å². The summed E-state index contributed by atoms with van der Waals surface area (Å²) in [4.78, 5) is 10.6. The fraction of sp³-hybridized carbons (Fsp3) is 0.750. The summed E-state index contributed by atoms with van der Waals surface area (Å²) in [6.07, 6.45) is 0. The minimum atomic E-state index is 0.196. The van der Waals surface area contributed by atoms with E-state index in [0.29, 0.717) is 15.7 Å². The van der Waals surface area contributed by atoms with E-state index in [4.69, 9.17) is 0 Å². The lowest BCUT2D eigenvalue weighted by molar-refractivity contribution is -0.118. The summed E-state index contributed by atoms with van der Waals surface area (Å²) in [7, 11) is 0. The number of hydrogen-bond acceptors (Lipinski definition) is 3. The normalized spacial score (nSPS) is 42.8. The van der Waals surface area contributed by atoms with Crippen LogP contribution >= 0.6 is 23.5 Å². The molecule has 2 aliphatic heterocycles. The number of carbonyl (C=O) groups is 1. The topological polar surface area (TPSA) is 29.1 Å². The SMILES string of the molecule is O=C1CSC2SC2N1. The van der Waals surface area contributed by atoms with Crippen LogP contribution in [0.4, 0.5) is 0 Å². The van der Waals surface area contributed by atoms with Crippen LogP contribution in [0, 0.1) is 0 Å². The molecule has 2 aliphatic rings. The summed E-state index contributed by atoms with van der Waals surface area (Å²) in [6.45, 7) is 0. The van der Waals surface area contributed by atoms with E-state index in [1.54, 1.807) is 11.8 Å². The molecule has 2 heterocycles. The fourth-order valence-electron chi connectivity index (χ4n) is 0.686. The standard InChI is InChI=1S/C4H5NOS2/c6-2-1-7-4-3(5-2)8-4/h3-4H,1H2,(H,5,6). The Morgan fingerprint density at radius 2 is 2.62 bits per heavy atom. The molecule has 1 amide bonds. The Kier molecular flexibility index (Phi) is 0.983. The van der Waals surface area contributed by atoms with E-state index in [-0.39, 0.29) is 5.91 Å². The molecule has 8 heavy (non-hydrogen) atoms. The van der Waals surface area contributed by atoms with Crippen molar-refractivity contribution in [3.8, 4) is 0 Å². The molecule has 2 unspecified atom stereocenters. The van der Waals surface area contributed by atoms with E-state index in [0.717, 1.165) is 0 Å². The molecule has 44 valence electrons. The van der Waals surface area contributed by atoms with Gasteiger partial charge in [-0.1, -0.05) is 0 Å². The van der Waals surface area contributed by atoms with Gasteiger partial charge < -0.3 is 5.32 Å². The van der Waals surface area contributed by atoms with Crippen molar-refractivity contribution in [2.24, 2.45) is 0 Å². The molecule has 2 nitrogen and oxygen atoms in total. The van der Waals surface area contributed by atoms with Gasteiger partial charge in [-0.05, 0) is 0 Å². The van der Waals surface area contributed by atoms with E-state index in [2.05, 4.69) is 5.32 Å². The van der Waals surface area contributed by atoms with Gasteiger partial charge >= 0.3 is 0 Å². The molecule has 2 fully saturated rings. The third-order valence-corrected chi connectivity index (χ3v) is 3.99. The highest BCUT2D eigenvalue weighted by Gasteiger charge is 2.43. The first-order valence-electron chi connectivity index (χ1n) is 2.43. The van der Waals surface area contributed by atoms with Gasteiger partial charge in [-0.15, -0.1) is 23.5 Å². The highest BCUT2D eigenvalue weighted by molar-refractivity contribution is 8.24. The Balaban J connectivity index is 2.02. The van der Waals surface area contributed by atoms with Gasteiger partial charge in [0.25, 0.3) is 0 Å². The van der Waals surface area contributed by atoms with Gasteiger partial charge in [0.1, 0.15) is 0 Å². The van der Waals surface area contributed by atoms with E-state index in [1.807, 2.05) is 11.8 Å². The Morgan fingerprint density at radius 3 is 3.25 bits per heavy atom. The average Bonchev–Trinajstić information content (AvgIpc) is 2.43. The maximum atomic E-state index is 10.6. The Bertz CT molecular complexity index is 138. The van der Waals surface area contributed by atoms with Gasteiger partial charge in [0, 0.05) is 0 Å². The molecular formula is C4H5NOS2. The van der Waals surface area contributed by atoms with Gasteiger partial charge in [0.2, 0.25) is 5.91 Å². The maximum Gasteiger partial charge on any atom is 0.230 e. The monoisotopic (exact) mass is 147 g/mol. The zero-order valence-corrected chi connectivity index (χ0v) is 5.72. The van der Waals surface area contributed by atoms with Gasteiger partial charge in [0.05, 0.1) is 15.7 Å². The molecule has 2 rings (SSSR count). The predicted molar refractivity (Wildman–Crippen MR) is 35.8 cm³/mol. The molecule has 0 aromatic rings. The number of carbonyl (C=O) groups excluding carboxylic acids is 1. The first-order chi connectivity index (χ1) is 3.86. The largest absolute Gasteiger partial charge is 0.342 e. The van der Waals surface area contributed by atoms with Crippen LogP contribution in [0.5, 0.6) is 0 Å². The van der Waals surface area contributed by atoms with Crippen molar-refractivity contribution in [2.45, 2.75) is 9.96 Å². The number of amides is 1. The van der Waals surface area contributed by atoms with Crippen molar-refractivity contribution in [3.63, 3.8) is 0 Å². The fourth-order valence-corrected chi connectivity index (χ4v) is 2.91. The zero-order chi connectivity index (χ0) is 5.56. The van der Waals surface area contributed by atoms with Crippen LogP contribution in [-0.4, -0.2) is 21.6 Å². The summed E-state index contributed by atoms with van der Waals surface area (Å²) in [5.74, 6) is 0.856. The van der Waals surface area contributed by atoms with Crippen molar-refractivity contribution in [2.75, 3.05) is 5.75 Å². The number of hydrogen-bond donors (Lipinski definition) is 1. The molecule has 0 radical (unpaired) electrons. The highest BCUT2D eigenvalue weighted by atomic mass is 32.2. The van der Waals surface area contributed by atoms with Crippen molar-refractivity contribution >= 4 is 29.4 Å². The Hall–Kier alpha value is 0.170. The average molecular weight is 147 g/mol. The molecule has 2 saturated heterocycles. The minimum Gasteiger partial charge on any atom is -0.342 e. The second-order valence-corrected chi connectivity index (χ2v) is 4.52. The van der Waals surface area contributed by atoms with Crippen LogP contribution in [0.15, 0.2) is 0 Å². The summed E-state index contributed by atoms with van der Waals surface area (Å²) >= 11 is 3.58. The first kappa shape index (κ1) is 4.99. The summed E-state index contributed by atoms with van der Waals surface area (Å²) in [6, 6.07) is 0. The lowest BCUT2D eigenvalue weighted by atomic mass is 10.6. The summed E-state index contributed by atoms with van der Waals surface area (Å²) in [5.41, 5.74) is 0. The molecule has 2 atom stereocenters. The Morgan fingerprint density at radius 1 is 1.75 bits per heavy atom. The van der Waals surface area contributed by atoms with Gasteiger partial charge in [0.15, 0.2) is 0 Å². The van der Waals surface area contributed by atoms with Crippen molar-refractivity contribution in [1.82, 2.24) is 5.32 Å². The molecule has 0 spiro atoms. The summed E-state index contributed by atoms with van der Waals surface area (Å²) in [5, 5.41) is 3.32. The lowest BCUT2D eigenvalue weighted by Gasteiger charge is -2.06. The van der Waals surface area contributed by atoms with E-state index >= 15 is 0 Å². The third-order valence-electron chi connectivity index (χ3n) is 1.13. The molecular weight excluding hydrogens is 142 g/mol. The number of nitrogens with one attached hydrogen (secondary N) is 1. The van der Waals surface area contributed by atoms with E-state index in [9.17, 15) is 4.79 Å². The van der Waals surface area contributed by atoms with Gasteiger partial charge in [-0.25, -0.2) is 0 Å². The van der Waals surface area contributed by atoms with Crippen LogP contribution in [0.2, 0.25) is 0 Å². The quantitative estimate of drug-likeness (QED) is 0.498. The summed E-state index contributed by atoms with van der Waals surface area (Å²) < 4.78 is 0.688. The molecule has 1 N–H and O–H groups in total. The predicted octanol–water partition coefficient (Wildman–Crippen LogP) is 0.248. The molecule has 0 aromatic heterocycles. The number of thioether (sulfide) groups is 2. The number of rotatable bonds is 0. The van der Waals surface area contributed by atoms with Crippen LogP contribution in [-0.2, 0) is 4.79 Å². The molecule has 0 aromatic carbocycles. The van der Waals surface area contributed by atoms with Crippen LogP contribution in [0.1, 0.15) is 0 Å². The molecule has 0 bridgehead atoms. The van der Waals surface area contributed by atoms with Crippen molar-refractivity contribution in [1.29, 1.82) is 0 Å². The van der Waals surface area contributed by atoms with Crippen molar-refractivity contribution < 1.29 is 4.79 Å². The zero-order valence-electron chi connectivity index (χ0n) is 4.09. The maximum absolute atomic E-state index is 10.6.